The molecule has 8 nitrogen and oxygen atoms in total. The van der Waals surface area contributed by atoms with E-state index in [1.54, 1.807) is 0 Å². The van der Waals surface area contributed by atoms with Crippen LogP contribution in [0.15, 0.2) is 14.4 Å². The molecule has 16 heavy (non-hydrogen) atoms. The molecule has 4 N–H and O–H groups in total. The van der Waals surface area contributed by atoms with Crippen LogP contribution >= 0.6 is 0 Å². The van der Waals surface area contributed by atoms with E-state index in [-0.39, 0.29) is 13.0 Å². The van der Waals surface area contributed by atoms with Gasteiger partial charge in [0.2, 0.25) is 0 Å². The van der Waals surface area contributed by atoms with Gasteiger partial charge in [0.1, 0.15) is 0 Å². The minimum atomic E-state index is -1.05. The first-order chi connectivity index (χ1) is 7.47. The fourth-order valence-electron chi connectivity index (χ4n) is 1.35. The van der Waals surface area contributed by atoms with E-state index in [1.165, 1.54) is 6.92 Å². The number of rotatable bonds is 4. The van der Waals surface area contributed by atoms with Crippen molar-refractivity contribution in [3.8, 4) is 0 Å². The molecule has 2 unspecified atom stereocenters. The summed E-state index contributed by atoms with van der Waals surface area (Å²) in [5.41, 5.74) is -2.67. The fraction of sp³-hybridized carbons (Fsp3) is 0.625. The highest BCUT2D eigenvalue weighted by Gasteiger charge is 2.19. The quantitative estimate of drug-likeness (QED) is 0.456. The Morgan fingerprint density at radius 1 is 1.25 bits per heavy atom. The molecule has 1 aromatic rings. The van der Waals surface area contributed by atoms with Gasteiger partial charge in [0.15, 0.2) is 0 Å². The van der Waals surface area contributed by atoms with E-state index in [0.717, 1.165) is 0 Å². The van der Waals surface area contributed by atoms with Crippen LogP contribution in [0.2, 0.25) is 0 Å². The molecule has 0 aliphatic carbocycles. The number of hydrogen-bond acceptors (Lipinski definition) is 5. The van der Waals surface area contributed by atoms with E-state index < -0.39 is 29.2 Å². The maximum atomic E-state index is 11.3. The first-order valence-electron chi connectivity index (χ1n) is 4.71. The minimum absolute atomic E-state index is 0.0339. The minimum Gasteiger partial charge on any atom is -0.396 e. The summed E-state index contributed by atoms with van der Waals surface area (Å²) in [5, 5.41) is 18.1. The van der Waals surface area contributed by atoms with E-state index in [9.17, 15) is 19.5 Å². The van der Waals surface area contributed by atoms with Crippen molar-refractivity contribution < 1.29 is 10.2 Å². The lowest BCUT2D eigenvalue weighted by Gasteiger charge is -2.18. The molecule has 0 spiro atoms. The van der Waals surface area contributed by atoms with Crippen molar-refractivity contribution in [3.05, 3.63) is 31.5 Å². The Morgan fingerprint density at radius 3 is 2.19 bits per heavy atom. The van der Waals surface area contributed by atoms with Crippen LogP contribution < -0.4 is 17.1 Å². The lowest BCUT2D eigenvalue weighted by Crippen LogP contribution is -2.47. The number of aromatic nitrogens is 3. The van der Waals surface area contributed by atoms with Crippen molar-refractivity contribution in [1.82, 2.24) is 14.5 Å². The van der Waals surface area contributed by atoms with E-state index >= 15 is 0 Å². The van der Waals surface area contributed by atoms with Gasteiger partial charge in [-0.25, -0.2) is 19.0 Å². The summed E-state index contributed by atoms with van der Waals surface area (Å²) >= 11 is 0. The van der Waals surface area contributed by atoms with Crippen molar-refractivity contribution >= 4 is 0 Å². The number of hydrogen-bond donors (Lipinski definition) is 4. The van der Waals surface area contributed by atoms with Crippen molar-refractivity contribution in [3.63, 3.8) is 0 Å². The number of nitrogens with zero attached hydrogens (tertiary/aromatic N) is 1. The van der Waals surface area contributed by atoms with Gasteiger partial charge in [-0.2, -0.15) is 0 Å². The SMILES string of the molecule is CC(C(O)CCO)n1c(=O)[nH]c(=O)[nH]c1=O. The Hall–Kier alpha value is -1.67. The zero-order valence-electron chi connectivity index (χ0n) is 8.64. The number of aliphatic hydroxyl groups is 2. The molecule has 1 rings (SSSR count). The molecule has 0 saturated heterocycles. The third-order valence-electron chi connectivity index (χ3n) is 2.27. The number of H-pyrrole nitrogens is 2. The van der Waals surface area contributed by atoms with E-state index in [2.05, 4.69) is 0 Å². The van der Waals surface area contributed by atoms with E-state index in [4.69, 9.17) is 5.11 Å². The van der Waals surface area contributed by atoms with Crippen LogP contribution in [0.3, 0.4) is 0 Å². The van der Waals surface area contributed by atoms with Gasteiger partial charge in [-0.15, -0.1) is 0 Å². The second-order valence-corrected chi connectivity index (χ2v) is 3.38. The average molecular weight is 231 g/mol. The first kappa shape index (κ1) is 12.4. The van der Waals surface area contributed by atoms with Crippen molar-refractivity contribution in [2.75, 3.05) is 6.61 Å². The average Bonchev–Trinajstić information content (AvgIpc) is 2.16. The van der Waals surface area contributed by atoms with Crippen LogP contribution in [0, 0.1) is 0 Å². The second-order valence-electron chi connectivity index (χ2n) is 3.38. The molecule has 1 aromatic heterocycles. The maximum Gasteiger partial charge on any atom is 0.333 e. The van der Waals surface area contributed by atoms with Gasteiger partial charge in [0.05, 0.1) is 12.1 Å². The largest absolute Gasteiger partial charge is 0.396 e. The van der Waals surface area contributed by atoms with Crippen molar-refractivity contribution in [2.24, 2.45) is 0 Å². The Kier molecular flexibility index (Phi) is 3.80. The molecule has 0 radical (unpaired) electrons. The van der Waals surface area contributed by atoms with Crippen LogP contribution in [-0.2, 0) is 0 Å². The molecule has 0 amide bonds. The molecule has 90 valence electrons. The third-order valence-corrected chi connectivity index (χ3v) is 2.27. The molecule has 2 atom stereocenters. The Labute approximate surface area is 89.2 Å². The van der Waals surface area contributed by atoms with Gasteiger partial charge in [0.25, 0.3) is 0 Å². The number of nitrogens with one attached hydrogen (secondary N) is 2. The standard InChI is InChI=1S/C8H13N3O5/c1-4(5(13)2-3-12)11-7(15)9-6(14)10-8(11)16/h4-5,12-13H,2-3H2,1H3,(H2,9,10,14,15,16). The van der Waals surface area contributed by atoms with E-state index in [1.807, 2.05) is 9.97 Å². The molecule has 0 aromatic carbocycles. The molecule has 0 fully saturated rings. The number of aliphatic hydroxyl groups excluding tert-OH is 2. The highest BCUT2D eigenvalue weighted by Crippen LogP contribution is 2.08. The fourth-order valence-corrected chi connectivity index (χ4v) is 1.35. The maximum absolute atomic E-state index is 11.3. The zero-order valence-corrected chi connectivity index (χ0v) is 8.64. The van der Waals surface area contributed by atoms with Crippen molar-refractivity contribution in [1.29, 1.82) is 0 Å². The lowest BCUT2D eigenvalue weighted by atomic mass is 10.1. The van der Waals surface area contributed by atoms with Crippen molar-refractivity contribution in [2.45, 2.75) is 25.5 Å². The Bertz CT molecular complexity index is 479. The molecule has 8 heteroatoms. The predicted octanol–water partition coefficient (Wildman–Crippen LogP) is -2.47. The molecular formula is C8H13N3O5. The zero-order chi connectivity index (χ0) is 12.3. The molecule has 1 heterocycles. The molecule has 0 aliphatic rings. The van der Waals surface area contributed by atoms with Gasteiger partial charge >= 0.3 is 17.1 Å². The topological polar surface area (TPSA) is 128 Å². The smallest absolute Gasteiger partial charge is 0.333 e. The van der Waals surface area contributed by atoms with Gasteiger partial charge in [-0.05, 0) is 13.3 Å². The van der Waals surface area contributed by atoms with Gasteiger partial charge in [-0.1, -0.05) is 0 Å². The summed E-state index contributed by atoms with van der Waals surface area (Å²) in [7, 11) is 0. The molecule has 0 bridgehead atoms. The monoisotopic (exact) mass is 231 g/mol. The van der Waals surface area contributed by atoms with Crippen LogP contribution in [0.4, 0.5) is 0 Å². The second kappa shape index (κ2) is 4.90. The summed E-state index contributed by atoms with van der Waals surface area (Å²) in [4.78, 5) is 37.2. The summed E-state index contributed by atoms with van der Waals surface area (Å²) in [5.74, 6) is 0. The van der Waals surface area contributed by atoms with Crippen LogP contribution in [-0.4, -0.2) is 37.5 Å². The molecule has 0 aliphatic heterocycles. The summed E-state index contributed by atoms with van der Waals surface area (Å²) < 4.78 is 0.696. The van der Waals surface area contributed by atoms with Crippen LogP contribution in [0.25, 0.3) is 0 Å². The first-order valence-corrected chi connectivity index (χ1v) is 4.71. The summed E-state index contributed by atoms with van der Waals surface area (Å²) in [6, 6.07) is -0.833. The van der Waals surface area contributed by atoms with E-state index in [0.29, 0.717) is 4.57 Å². The predicted molar refractivity (Wildman–Crippen MR) is 54.4 cm³/mol. The lowest BCUT2D eigenvalue weighted by molar-refractivity contribution is 0.0859. The summed E-state index contributed by atoms with van der Waals surface area (Å²) in [6.07, 6.45) is -1.01. The normalized spacial score (nSPS) is 14.7. The van der Waals surface area contributed by atoms with Gasteiger partial charge in [0, 0.05) is 6.61 Å². The van der Waals surface area contributed by atoms with Crippen LogP contribution in [0.1, 0.15) is 19.4 Å². The van der Waals surface area contributed by atoms with Crippen LogP contribution in [0.5, 0.6) is 0 Å². The number of aromatic amines is 2. The molecule has 0 saturated carbocycles. The Morgan fingerprint density at radius 2 is 1.75 bits per heavy atom. The summed E-state index contributed by atoms with van der Waals surface area (Å²) in [6.45, 7) is 1.18. The van der Waals surface area contributed by atoms with Gasteiger partial charge < -0.3 is 10.2 Å². The molecular weight excluding hydrogens is 218 g/mol. The third kappa shape index (κ3) is 2.47. The Balaban J connectivity index is 3.19. The van der Waals surface area contributed by atoms with Gasteiger partial charge in [-0.3, -0.25) is 9.97 Å². The highest BCUT2D eigenvalue weighted by atomic mass is 16.3. The highest BCUT2D eigenvalue weighted by molar-refractivity contribution is 4.78.